The number of halogens is 3. The number of nitrogens with two attached hydrogens (primary N) is 1. The smallest absolute Gasteiger partial charge is 0.385 e. The second-order valence-electron chi connectivity index (χ2n) is 3.80. The molecule has 1 rings (SSSR count). The summed E-state index contributed by atoms with van der Waals surface area (Å²) < 4.78 is 42.6. The van der Waals surface area contributed by atoms with Crippen molar-refractivity contribution in [3.63, 3.8) is 0 Å². The van der Waals surface area contributed by atoms with Crippen LogP contribution in [0.4, 0.5) is 13.2 Å². The van der Waals surface area contributed by atoms with Crippen molar-refractivity contribution >= 4 is 5.91 Å². The quantitative estimate of drug-likeness (QED) is 0.368. The van der Waals surface area contributed by atoms with E-state index in [1.165, 1.54) is 7.11 Å². The van der Waals surface area contributed by atoms with Gasteiger partial charge in [-0.2, -0.15) is 13.2 Å². The molecular weight excluding hydrogens is 263 g/mol. The molecule has 1 amide bonds. The number of ether oxygens (including phenoxy) is 1. The zero-order valence-electron chi connectivity index (χ0n) is 10.3. The number of aromatic nitrogens is 1. The van der Waals surface area contributed by atoms with Crippen molar-refractivity contribution < 1.29 is 22.7 Å². The number of rotatable bonds is 5. The van der Waals surface area contributed by atoms with Gasteiger partial charge in [-0.3, -0.25) is 15.2 Å². The number of alkyl halides is 3. The molecule has 0 fully saturated rings. The number of hydrogen-bond donors (Lipinski definition) is 2. The summed E-state index contributed by atoms with van der Waals surface area (Å²) in [7, 11) is 1.48. The van der Waals surface area contributed by atoms with Crippen LogP contribution in [0.15, 0.2) is 12.3 Å². The first-order valence-corrected chi connectivity index (χ1v) is 5.46. The van der Waals surface area contributed by atoms with Gasteiger partial charge < -0.3 is 4.74 Å². The lowest BCUT2D eigenvalue weighted by atomic mass is 10.0. The van der Waals surface area contributed by atoms with Crippen LogP contribution in [0.1, 0.15) is 28.0 Å². The molecule has 1 aromatic rings. The van der Waals surface area contributed by atoms with Crippen LogP contribution in [0.5, 0.6) is 0 Å². The van der Waals surface area contributed by atoms with Gasteiger partial charge in [0.25, 0.3) is 5.91 Å². The molecule has 19 heavy (non-hydrogen) atoms. The molecule has 0 bridgehead atoms. The number of amides is 1. The number of nitrogens with one attached hydrogen (secondary N) is 1. The van der Waals surface area contributed by atoms with Crippen molar-refractivity contribution in [3.05, 3.63) is 29.1 Å². The van der Waals surface area contributed by atoms with E-state index in [9.17, 15) is 18.0 Å². The SMILES string of the molecule is COCCCc1cc(C(F)(F)F)cnc1C(=O)NN. The summed E-state index contributed by atoms with van der Waals surface area (Å²) in [4.78, 5) is 15.0. The predicted molar refractivity (Wildman–Crippen MR) is 61.1 cm³/mol. The summed E-state index contributed by atoms with van der Waals surface area (Å²) in [6.07, 6.45) is -3.16. The van der Waals surface area contributed by atoms with Crippen LogP contribution in [0.2, 0.25) is 0 Å². The Morgan fingerprint density at radius 1 is 1.53 bits per heavy atom. The van der Waals surface area contributed by atoms with E-state index < -0.39 is 17.6 Å². The zero-order chi connectivity index (χ0) is 14.5. The summed E-state index contributed by atoms with van der Waals surface area (Å²) in [6.45, 7) is 0.375. The standard InChI is InChI=1S/C11H14F3N3O2/c1-19-4-2-3-7-5-8(11(12,13)14)6-16-9(7)10(18)17-15/h5-6H,2-4,15H2,1H3,(H,17,18). The molecule has 5 nitrogen and oxygen atoms in total. The van der Waals surface area contributed by atoms with Crippen molar-refractivity contribution in [3.8, 4) is 0 Å². The zero-order valence-corrected chi connectivity index (χ0v) is 10.3. The minimum absolute atomic E-state index is 0.105. The van der Waals surface area contributed by atoms with Gasteiger partial charge in [0.2, 0.25) is 0 Å². The van der Waals surface area contributed by atoms with Gasteiger partial charge in [-0.25, -0.2) is 5.84 Å². The first kappa shape index (κ1) is 15.4. The van der Waals surface area contributed by atoms with Crippen molar-refractivity contribution in [1.82, 2.24) is 10.4 Å². The number of carbonyl (C=O) groups excluding carboxylic acids is 1. The highest BCUT2D eigenvalue weighted by molar-refractivity contribution is 5.93. The third-order valence-corrected chi connectivity index (χ3v) is 2.43. The molecule has 0 unspecified atom stereocenters. The number of hydrazine groups is 1. The largest absolute Gasteiger partial charge is 0.417 e. The third-order valence-electron chi connectivity index (χ3n) is 2.43. The van der Waals surface area contributed by atoms with Crippen LogP contribution >= 0.6 is 0 Å². The molecular formula is C11H14F3N3O2. The molecule has 0 aliphatic carbocycles. The molecule has 0 aromatic carbocycles. The van der Waals surface area contributed by atoms with Gasteiger partial charge in [0, 0.05) is 19.9 Å². The molecule has 0 aliphatic heterocycles. The minimum atomic E-state index is -4.50. The van der Waals surface area contributed by atoms with Crippen molar-refractivity contribution in [2.75, 3.05) is 13.7 Å². The van der Waals surface area contributed by atoms with Crippen LogP contribution in [0.25, 0.3) is 0 Å². The van der Waals surface area contributed by atoms with Gasteiger partial charge in [0.05, 0.1) is 5.56 Å². The predicted octanol–water partition coefficient (Wildman–Crippen LogP) is 1.28. The van der Waals surface area contributed by atoms with Crippen molar-refractivity contribution in [2.24, 2.45) is 5.84 Å². The van der Waals surface area contributed by atoms with Gasteiger partial charge in [0.15, 0.2) is 0 Å². The third kappa shape index (κ3) is 4.18. The number of nitrogens with zero attached hydrogens (tertiary/aromatic N) is 1. The maximum Gasteiger partial charge on any atom is 0.417 e. The number of aryl methyl sites for hydroxylation is 1. The summed E-state index contributed by atoms with van der Waals surface area (Å²) in [5.41, 5.74) is 1.05. The summed E-state index contributed by atoms with van der Waals surface area (Å²) in [6, 6.07) is 0.910. The summed E-state index contributed by atoms with van der Waals surface area (Å²) >= 11 is 0. The monoisotopic (exact) mass is 277 g/mol. The molecule has 1 aromatic heterocycles. The molecule has 0 saturated carbocycles. The molecule has 106 valence electrons. The Morgan fingerprint density at radius 2 is 2.21 bits per heavy atom. The lowest BCUT2D eigenvalue weighted by Crippen LogP contribution is -2.32. The van der Waals surface area contributed by atoms with Crippen LogP contribution in [0.3, 0.4) is 0 Å². The molecule has 1 heterocycles. The number of hydrogen-bond acceptors (Lipinski definition) is 4. The van der Waals surface area contributed by atoms with Gasteiger partial charge >= 0.3 is 6.18 Å². The normalized spacial score (nSPS) is 11.4. The average molecular weight is 277 g/mol. The summed E-state index contributed by atoms with van der Waals surface area (Å²) in [5, 5.41) is 0. The van der Waals surface area contributed by atoms with E-state index in [-0.39, 0.29) is 17.7 Å². The fourth-order valence-corrected chi connectivity index (χ4v) is 1.54. The highest BCUT2D eigenvalue weighted by Crippen LogP contribution is 2.30. The molecule has 3 N–H and O–H groups in total. The maximum atomic E-state index is 12.6. The van der Waals surface area contributed by atoms with Gasteiger partial charge in [-0.05, 0) is 24.5 Å². The van der Waals surface area contributed by atoms with Crippen LogP contribution < -0.4 is 11.3 Å². The Morgan fingerprint density at radius 3 is 2.74 bits per heavy atom. The minimum Gasteiger partial charge on any atom is -0.385 e. The van der Waals surface area contributed by atoms with Crippen LogP contribution in [0, 0.1) is 0 Å². The van der Waals surface area contributed by atoms with E-state index in [0.717, 1.165) is 6.07 Å². The van der Waals surface area contributed by atoms with E-state index in [0.29, 0.717) is 19.2 Å². The second-order valence-corrected chi connectivity index (χ2v) is 3.80. The van der Waals surface area contributed by atoms with Gasteiger partial charge in [-0.15, -0.1) is 0 Å². The van der Waals surface area contributed by atoms with Crippen LogP contribution in [-0.2, 0) is 17.3 Å². The summed E-state index contributed by atoms with van der Waals surface area (Å²) in [5.74, 6) is 4.24. The lowest BCUT2D eigenvalue weighted by Gasteiger charge is -2.11. The fraction of sp³-hybridized carbons (Fsp3) is 0.455. The fourth-order valence-electron chi connectivity index (χ4n) is 1.54. The Hall–Kier alpha value is -1.67. The molecule has 0 atom stereocenters. The van der Waals surface area contributed by atoms with Gasteiger partial charge in [0.1, 0.15) is 5.69 Å². The lowest BCUT2D eigenvalue weighted by molar-refractivity contribution is -0.137. The Kier molecular flexibility index (Phi) is 5.25. The van der Waals surface area contributed by atoms with E-state index in [2.05, 4.69) is 4.98 Å². The van der Waals surface area contributed by atoms with Crippen molar-refractivity contribution in [2.45, 2.75) is 19.0 Å². The molecule has 8 heteroatoms. The Labute approximate surface area is 107 Å². The maximum absolute atomic E-state index is 12.6. The number of pyridine rings is 1. The highest BCUT2D eigenvalue weighted by Gasteiger charge is 2.32. The average Bonchev–Trinajstić information content (AvgIpc) is 2.37. The van der Waals surface area contributed by atoms with E-state index in [4.69, 9.17) is 10.6 Å². The van der Waals surface area contributed by atoms with E-state index in [1.54, 1.807) is 0 Å². The molecule has 0 saturated heterocycles. The number of methoxy groups -OCH3 is 1. The van der Waals surface area contributed by atoms with Crippen LogP contribution in [-0.4, -0.2) is 24.6 Å². The van der Waals surface area contributed by atoms with E-state index in [1.807, 2.05) is 5.43 Å². The van der Waals surface area contributed by atoms with Gasteiger partial charge in [-0.1, -0.05) is 0 Å². The van der Waals surface area contributed by atoms with Crippen molar-refractivity contribution in [1.29, 1.82) is 0 Å². The number of nitrogen functional groups attached to an aromatic ring is 1. The highest BCUT2D eigenvalue weighted by atomic mass is 19.4. The molecule has 0 aliphatic rings. The van der Waals surface area contributed by atoms with E-state index >= 15 is 0 Å². The Bertz CT molecular complexity index is 449. The topological polar surface area (TPSA) is 77.2 Å². The molecule has 0 spiro atoms. The second kappa shape index (κ2) is 6.48. The molecule has 0 radical (unpaired) electrons. The number of carbonyl (C=O) groups is 1. The Balaban J connectivity index is 3.07. The first-order chi connectivity index (χ1) is 8.90. The first-order valence-electron chi connectivity index (χ1n) is 5.46.